The first-order valence-corrected chi connectivity index (χ1v) is 11.7. The molecule has 38 heavy (non-hydrogen) atoms. The largest absolute Gasteiger partial charge is 0.511 e. The summed E-state index contributed by atoms with van der Waals surface area (Å²) < 4.78 is 83.4. The van der Waals surface area contributed by atoms with Crippen molar-refractivity contribution in [3.8, 4) is 5.75 Å². The van der Waals surface area contributed by atoms with Crippen LogP contribution < -0.4 is 21.1 Å². The van der Waals surface area contributed by atoms with Gasteiger partial charge in [-0.15, -0.1) is 0 Å². The van der Waals surface area contributed by atoms with Gasteiger partial charge in [0, 0.05) is 36.1 Å². The number of hydrogen-bond donors (Lipinski definition) is 3. The summed E-state index contributed by atoms with van der Waals surface area (Å²) in [6.45, 7) is 0.0685. The number of likely N-dealkylation sites (tertiary alicyclic amines) is 1. The summed E-state index contributed by atoms with van der Waals surface area (Å²) in [4.78, 5) is 38.2. The third kappa shape index (κ3) is 6.42. The van der Waals surface area contributed by atoms with Crippen molar-refractivity contribution in [1.29, 1.82) is 0 Å². The van der Waals surface area contributed by atoms with Gasteiger partial charge in [-0.1, -0.05) is 0 Å². The molecule has 3 rings (SSSR count). The number of nitrogens with two attached hydrogens (primary N) is 1. The lowest BCUT2D eigenvalue weighted by Crippen LogP contribution is -2.52. The molecule has 1 aromatic carbocycles. The van der Waals surface area contributed by atoms with E-state index < -0.39 is 47.1 Å². The number of benzene rings is 1. The zero-order valence-corrected chi connectivity index (χ0v) is 20.8. The van der Waals surface area contributed by atoms with E-state index >= 15 is 0 Å². The van der Waals surface area contributed by atoms with Crippen molar-refractivity contribution in [3.05, 3.63) is 41.7 Å². The Morgan fingerprint density at radius 3 is 2.53 bits per heavy atom. The van der Waals surface area contributed by atoms with Gasteiger partial charge in [-0.25, -0.2) is 8.78 Å². The van der Waals surface area contributed by atoms with Gasteiger partial charge in [0.2, 0.25) is 5.75 Å². The molecule has 1 aliphatic heterocycles. The van der Waals surface area contributed by atoms with E-state index in [-0.39, 0.29) is 59.8 Å². The van der Waals surface area contributed by atoms with Crippen LogP contribution in [0.4, 0.5) is 27.6 Å². The van der Waals surface area contributed by atoms with Gasteiger partial charge < -0.3 is 30.6 Å². The normalized spacial score (nSPS) is 18.2. The van der Waals surface area contributed by atoms with E-state index in [2.05, 4.69) is 5.32 Å². The Bertz CT molecular complexity index is 1270. The first-order valence-electron chi connectivity index (χ1n) is 11.0. The summed E-state index contributed by atoms with van der Waals surface area (Å²) >= 11 is 0.0213. The molecule has 10 nitrogen and oxygen atoms in total. The highest BCUT2D eigenvalue weighted by molar-refractivity contribution is 7.65. The number of alkyl halides is 3. The lowest BCUT2D eigenvalue weighted by molar-refractivity contribution is -0.162. The van der Waals surface area contributed by atoms with Gasteiger partial charge >= 0.3 is 34.6 Å². The smallest absolute Gasteiger partial charge is 0.484 e. The zero-order chi connectivity index (χ0) is 28.4. The lowest BCUT2D eigenvalue weighted by Gasteiger charge is -2.25. The first-order chi connectivity index (χ1) is 17.6. The van der Waals surface area contributed by atoms with Gasteiger partial charge in [0.1, 0.15) is 12.6 Å². The van der Waals surface area contributed by atoms with Gasteiger partial charge in [-0.2, -0.15) is 13.2 Å². The fraction of sp³-hybridized carbons (Fsp3) is 0.409. The van der Waals surface area contributed by atoms with Crippen LogP contribution in [0.3, 0.4) is 0 Å². The van der Waals surface area contributed by atoms with Gasteiger partial charge in [0.25, 0.3) is 5.91 Å². The number of aromatic nitrogens is 1. The summed E-state index contributed by atoms with van der Waals surface area (Å²) in [6, 6.07) is 0.490. The van der Waals surface area contributed by atoms with E-state index in [1.807, 2.05) is 0 Å². The summed E-state index contributed by atoms with van der Waals surface area (Å²) in [6.07, 6.45) is -3.31. The average Bonchev–Trinajstić information content (AvgIpc) is 3.38. The third-order valence-electron chi connectivity index (χ3n) is 5.79. The minimum Gasteiger partial charge on any atom is -0.484 e. The second-order valence-electron chi connectivity index (χ2n) is 8.81. The Morgan fingerprint density at radius 1 is 1.24 bits per heavy atom. The van der Waals surface area contributed by atoms with E-state index in [0.29, 0.717) is 6.92 Å². The van der Waals surface area contributed by atoms with Crippen LogP contribution in [-0.4, -0.2) is 64.6 Å². The van der Waals surface area contributed by atoms with Crippen molar-refractivity contribution < 1.29 is 45.3 Å². The molecule has 2 atom stereocenters. The molecular formula is C22H23F5N5O5S+. The Balaban J connectivity index is 1.70. The molecule has 0 spiro atoms. The molecule has 1 unspecified atom stereocenters. The van der Waals surface area contributed by atoms with Crippen molar-refractivity contribution in [1.82, 2.24) is 14.8 Å². The minimum atomic E-state index is -4.73. The quantitative estimate of drug-likeness (QED) is 0.266. The first kappa shape index (κ1) is 28.9. The van der Waals surface area contributed by atoms with Gasteiger partial charge in [-0.05, 0) is 25.5 Å². The van der Waals surface area contributed by atoms with E-state index in [1.54, 1.807) is 5.32 Å². The number of carbonyl (C=O) groups excluding carboxylic acids is 3. The predicted octanol–water partition coefficient (Wildman–Crippen LogP) is 1.72. The topological polar surface area (TPSA) is 136 Å². The van der Waals surface area contributed by atoms with Crippen molar-refractivity contribution in [2.45, 2.75) is 36.0 Å². The van der Waals surface area contributed by atoms with Crippen molar-refractivity contribution >= 4 is 35.1 Å². The number of amides is 3. The maximum atomic E-state index is 13.5. The number of nitrogens with one attached hydrogen (secondary N) is 2. The van der Waals surface area contributed by atoms with Crippen molar-refractivity contribution in [2.75, 3.05) is 25.0 Å². The van der Waals surface area contributed by atoms with Crippen LogP contribution in [-0.2, 0) is 32.5 Å². The maximum absolute atomic E-state index is 13.5. The number of halogens is 5. The van der Waals surface area contributed by atoms with Crippen LogP contribution in [0.5, 0.6) is 5.75 Å². The van der Waals surface area contributed by atoms with Crippen LogP contribution in [0, 0.1) is 11.6 Å². The SMILES string of the molecule is C[C@@H](NC(=O)C(=O)N1CCC(N)(COc2c([S+]=O)cn(C)c2C(=O)Nc2ccc(F)c(F)c2)C1)C(F)(F)F. The number of nitrogens with zero attached hydrogens (tertiary/aromatic N) is 2. The average molecular weight is 565 g/mol. The molecule has 1 saturated heterocycles. The van der Waals surface area contributed by atoms with Crippen LogP contribution in [0.15, 0.2) is 29.3 Å². The third-order valence-corrected chi connectivity index (χ3v) is 6.26. The van der Waals surface area contributed by atoms with Gasteiger partial charge in [0.05, 0.1) is 11.7 Å². The summed E-state index contributed by atoms with van der Waals surface area (Å²) in [5, 5.41) is 3.97. The molecule has 0 aliphatic carbocycles. The number of hydrogen-bond acceptors (Lipinski definition) is 6. The Kier molecular flexibility index (Phi) is 8.36. The second kappa shape index (κ2) is 11.0. The van der Waals surface area contributed by atoms with E-state index in [9.17, 15) is 40.5 Å². The molecule has 0 saturated carbocycles. The van der Waals surface area contributed by atoms with Crippen LogP contribution in [0.1, 0.15) is 23.8 Å². The van der Waals surface area contributed by atoms with E-state index in [4.69, 9.17) is 10.5 Å². The number of carbonyl (C=O) groups is 3. The van der Waals surface area contributed by atoms with Gasteiger partial charge in [0.15, 0.2) is 17.3 Å². The molecule has 1 aromatic heterocycles. The monoisotopic (exact) mass is 564 g/mol. The molecule has 4 N–H and O–H groups in total. The Hall–Kier alpha value is -3.66. The molecule has 2 heterocycles. The maximum Gasteiger partial charge on any atom is 0.511 e. The lowest BCUT2D eigenvalue weighted by atomic mass is 10.0. The molecule has 206 valence electrons. The molecule has 0 radical (unpaired) electrons. The highest BCUT2D eigenvalue weighted by Gasteiger charge is 2.43. The van der Waals surface area contributed by atoms with Crippen LogP contribution in [0.2, 0.25) is 0 Å². The molecule has 1 aliphatic rings. The van der Waals surface area contributed by atoms with Gasteiger partial charge in [-0.3, -0.25) is 14.4 Å². The zero-order valence-electron chi connectivity index (χ0n) is 20.0. The highest BCUT2D eigenvalue weighted by Crippen LogP contribution is 2.30. The Morgan fingerprint density at radius 2 is 1.92 bits per heavy atom. The van der Waals surface area contributed by atoms with E-state index in [1.165, 1.54) is 17.8 Å². The number of anilines is 1. The Labute approximate surface area is 216 Å². The molecule has 0 bridgehead atoms. The standard InChI is InChI=1S/C22H22F5N5O5S/c1-11(22(25,26)27)29-19(34)20(35)32-6-5-21(28,9-32)10-37-17-15(38-36)8-31(2)16(17)18(33)30-12-3-4-13(23)14(24)7-12/h3-4,7-8,11H,5-6,9-10,28H2,1-2H3,(H-,29,30,33,34)/p+1/t11-,21?/m1/s1. The van der Waals surface area contributed by atoms with Crippen LogP contribution in [0.25, 0.3) is 0 Å². The number of aryl methyl sites for hydroxylation is 1. The summed E-state index contributed by atoms with van der Waals surface area (Å²) in [5.41, 5.74) is 4.83. The molecule has 2 aromatic rings. The molecular weight excluding hydrogens is 541 g/mol. The summed E-state index contributed by atoms with van der Waals surface area (Å²) in [7, 11) is 1.45. The highest BCUT2D eigenvalue weighted by atomic mass is 32.1. The fourth-order valence-corrected chi connectivity index (χ4v) is 4.12. The fourth-order valence-electron chi connectivity index (χ4n) is 3.69. The molecule has 1 fully saturated rings. The molecule has 3 amide bonds. The van der Waals surface area contributed by atoms with E-state index in [0.717, 1.165) is 23.1 Å². The number of rotatable bonds is 7. The predicted molar refractivity (Wildman–Crippen MR) is 123 cm³/mol. The minimum absolute atomic E-state index is 0.0120. The van der Waals surface area contributed by atoms with Crippen LogP contribution >= 0.6 is 0 Å². The van der Waals surface area contributed by atoms with Crippen molar-refractivity contribution in [3.63, 3.8) is 0 Å². The summed E-state index contributed by atoms with van der Waals surface area (Å²) in [5.74, 6) is -5.90. The number of ether oxygens (including phenoxy) is 1. The molecule has 16 heteroatoms. The second-order valence-corrected chi connectivity index (χ2v) is 9.42. The van der Waals surface area contributed by atoms with Crippen molar-refractivity contribution in [2.24, 2.45) is 12.8 Å².